The van der Waals surface area contributed by atoms with Gasteiger partial charge in [0.15, 0.2) is 15.6 Å². The molecule has 6 heteroatoms. The lowest BCUT2D eigenvalue weighted by Gasteiger charge is -2.44. The topological polar surface area (TPSA) is 72.8 Å². The molecule has 208 valence electrons. The van der Waals surface area contributed by atoms with E-state index in [0.29, 0.717) is 29.9 Å². The van der Waals surface area contributed by atoms with E-state index in [2.05, 4.69) is 34.6 Å². The number of sulfone groups is 1. The van der Waals surface area contributed by atoms with Crippen LogP contribution in [0.25, 0.3) is 0 Å². The van der Waals surface area contributed by atoms with Crippen LogP contribution in [0.3, 0.4) is 0 Å². The zero-order valence-corrected chi connectivity index (χ0v) is 24.5. The Kier molecular flexibility index (Phi) is 12.4. The number of benzene rings is 1. The van der Waals surface area contributed by atoms with E-state index in [1.54, 1.807) is 12.1 Å². The van der Waals surface area contributed by atoms with E-state index in [1.165, 1.54) is 0 Å². The third-order valence-corrected chi connectivity index (χ3v) is 9.56. The molecule has 1 heterocycles. The molecule has 0 bridgehead atoms. The summed E-state index contributed by atoms with van der Waals surface area (Å²) in [4.78, 5) is 0.423. The molecule has 0 saturated carbocycles. The van der Waals surface area contributed by atoms with Gasteiger partial charge in [0.25, 0.3) is 0 Å². The fraction of sp³-hybridized carbons (Fsp3) is 0.800. The summed E-state index contributed by atoms with van der Waals surface area (Å²) in [5.41, 5.74) is 1.09. The van der Waals surface area contributed by atoms with E-state index < -0.39 is 15.6 Å². The van der Waals surface area contributed by atoms with E-state index in [9.17, 15) is 13.5 Å². The van der Waals surface area contributed by atoms with Crippen molar-refractivity contribution in [2.24, 2.45) is 23.2 Å². The maximum absolute atomic E-state index is 13.0. The maximum atomic E-state index is 13.0. The smallest absolute Gasteiger partial charge is 0.178 e. The lowest BCUT2D eigenvalue weighted by atomic mass is 9.90. The summed E-state index contributed by atoms with van der Waals surface area (Å²) in [5, 5.41) is 9.30. The summed E-state index contributed by atoms with van der Waals surface area (Å²) in [5.74, 6) is 0.739. The average Bonchev–Trinajstić information content (AvgIpc) is 2.83. The summed E-state index contributed by atoms with van der Waals surface area (Å²) >= 11 is 0. The van der Waals surface area contributed by atoms with Crippen LogP contribution in [0.1, 0.15) is 98.0 Å². The van der Waals surface area contributed by atoms with E-state index in [4.69, 9.17) is 9.47 Å². The van der Waals surface area contributed by atoms with E-state index in [1.807, 2.05) is 19.1 Å². The van der Waals surface area contributed by atoms with Gasteiger partial charge in [-0.15, -0.1) is 0 Å². The van der Waals surface area contributed by atoms with Crippen molar-refractivity contribution in [2.75, 3.05) is 25.6 Å². The number of hydrogen-bond donors (Lipinski definition) is 1. The maximum Gasteiger partial charge on any atom is 0.178 e. The molecule has 5 nitrogen and oxygen atoms in total. The van der Waals surface area contributed by atoms with Gasteiger partial charge in [-0.1, -0.05) is 71.6 Å². The van der Waals surface area contributed by atoms with Crippen LogP contribution in [0.2, 0.25) is 0 Å². The molecule has 0 aliphatic carbocycles. The number of ether oxygens (including phenoxy) is 2. The third-order valence-electron chi connectivity index (χ3n) is 7.66. The highest BCUT2D eigenvalue weighted by Gasteiger charge is 2.40. The van der Waals surface area contributed by atoms with Crippen molar-refractivity contribution in [3.05, 3.63) is 29.8 Å². The van der Waals surface area contributed by atoms with Gasteiger partial charge < -0.3 is 14.6 Å². The molecule has 1 aliphatic heterocycles. The minimum atomic E-state index is -3.29. The van der Waals surface area contributed by atoms with Crippen LogP contribution in [0.4, 0.5) is 0 Å². The van der Waals surface area contributed by atoms with Crippen LogP contribution in [-0.2, 0) is 19.3 Å². The minimum Gasteiger partial charge on any atom is -0.396 e. The van der Waals surface area contributed by atoms with Crippen LogP contribution >= 0.6 is 0 Å². The fourth-order valence-electron chi connectivity index (χ4n) is 5.13. The number of aliphatic hydroxyl groups excluding tert-OH is 1. The Labute approximate surface area is 221 Å². The molecule has 0 spiro atoms. The Morgan fingerprint density at radius 1 is 0.944 bits per heavy atom. The second kappa shape index (κ2) is 14.3. The first-order chi connectivity index (χ1) is 16.9. The zero-order chi connectivity index (χ0) is 26.8. The molecule has 0 aromatic heterocycles. The Morgan fingerprint density at radius 3 is 2.14 bits per heavy atom. The van der Waals surface area contributed by atoms with Crippen molar-refractivity contribution in [1.82, 2.24) is 0 Å². The standard InChI is InChI=1S/C30H52O5S/c1-7-27(21-36(32,33)28-15-13-24(2)14-16-28)12-10-18-30(34-22-29(5,6)23-35-30)17-9-8-11-25(3)19-26(4)20-31/h13-16,25-27,31H,7-12,17-23H2,1-6H3/t25-,26+,27-/m1/s1. The van der Waals surface area contributed by atoms with E-state index in [-0.39, 0.29) is 23.7 Å². The van der Waals surface area contributed by atoms with E-state index >= 15 is 0 Å². The highest BCUT2D eigenvalue weighted by molar-refractivity contribution is 7.91. The molecule has 1 aromatic rings. The summed E-state index contributed by atoms with van der Waals surface area (Å²) in [6, 6.07) is 7.18. The Morgan fingerprint density at radius 2 is 1.56 bits per heavy atom. The monoisotopic (exact) mass is 524 g/mol. The third kappa shape index (κ3) is 10.4. The van der Waals surface area contributed by atoms with Gasteiger partial charge in [-0.25, -0.2) is 8.42 Å². The SMILES string of the molecule is CC[C@H](CCCC1(CCCC[C@@H](C)C[C@H](C)CO)OCC(C)(C)CO1)CS(=O)(=O)c1ccc(C)cc1. The predicted octanol–water partition coefficient (Wildman–Crippen LogP) is 6.95. The number of rotatable bonds is 16. The van der Waals surface area contributed by atoms with Gasteiger partial charge in [0.1, 0.15) is 0 Å². The van der Waals surface area contributed by atoms with Crippen LogP contribution in [-0.4, -0.2) is 44.9 Å². The molecule has 3 atom stereocenters. The van der Waals surface area contributed by atoms with Crippen molar-refractivity contribution in [1.29, 1.82) is 0 Å². The molecule has 0 radical (unpaired) electrons. The van der Waals surface area contributed by atoms with Gasteiger partial charge in [0.05, 0.1) is 23.9 Å². The number of aryl methyl sites for hydroxylation is 1. The molecule has 1 saturated heterocycles. The highest BCUT2D eigenvalue weighted by Crippen LogP contribution is 2.37. The number of hydrogen-bond acceptors (Lipinski definition) is 5. The molecule has 0 unspecified atom stereocenters. The van der Waals surface area contributed by atoms with Crippen molar-refractivity contribution < 1.29 is 23.0 Å². The Bertz CT molecular complexity index is 852. The van der Waals surface area contributed by atoms with Crippen molar-refractivity contribution in [3.8, 4) is 0 Å². The van der Waals surface area contributed by atoms with Gasteiger partial charge in [0, 0.05) is 24.9 Å². The summed E-state index contributed by atoms with van der Waals surface area (Å²) in [7, 11) is -3.29. The van der Waals surface area contributed by atoms with Gasteiger partial charge in [0.2, 0.25) is 0 Å². The summed E-state index contributed by atoms with van der Waals surface area (Å²) in [6.07, 6.45) is 8.68. The Balaban J connectivity index is 1.90. The molecule has 0 amide bonds. The first kappa shape index (κ1) is 31.3. The van der Waals surface area contributed by atoms with Gasteiger partial charge >= 0.3 is 0 Å². The number of aliphatic hydroxyl groups is 1. The van der Waals surface area contributed by atoms with Crippen LogP contribution in [0.15, 0.2) is 29.2 Å². The molecule has 36 heavy (non-hydrogen) atoms. The van der Waals surface area contributed by atoms with E-state index in [0.717, 1.165) is 63.4 Å². The minimum absolute atomic E-state index is 0.0204. The molecule has 1 fully saturated rings. The Hall–Kier alpha value is -0.950. The predicted molar refractivity (Wildman–Crippen MR) is 148 cm³/mol. The van der Waals surface area contributed by atoms with Gasteiger partial charge in [-0.2, -0.15) is 0 Å². The molecular weight excluding hydrogens is 472 g/mol. The molecule has 1 aliphatic rings. The van der Waals surface area contributed by atoms with Crippen LogP contribution in [0, 0.1) is 30.1 Å². The zero-order valence-electron chi connectivity index (χ0n) is 23.7. The largest absolute Gasteiger partial charge is 0.396 e. The first-order valence-electron chi connectivity index (χ1n) is 14.1. The van der Waals surface area contributed by atoms with Crippen LogP contribution in [0.5, 0.6) is 0 Å². The summed E-state index contributed by atoms with van der Waals surface area (Å²) in [6.45, 7) is 14.4. The molecule has 2 rings (SSSR count). The second-order valence-corrected chi connectivity index (χ2v) is 14.3. The fourth-order valence-corrected chi connectivity index (χ4v) is 6.90. The van der Waals surface area contributed by atoms with Crippen molar-refractivity contribution in [2.45, 2.75) is 110 Å². The molecule has 1 N–H and O–H groups in total. The second-order valence-electron chi connectivity index (χ2n) is 12.3. The highest BCUT2D eigenvalue weighted by atomic mass is 32.2. The lowest BCUT2D eigenvalue weighted by molar-refractivity contribution is -0.305. The normalized spacial score (nSPS) is 20.1. The first-order valence-corrected chi connectivity index (χ1v) is 15.7. The molecular formula is C30H52O5S. The lowest BCUT2D eigenvalue weighted by Crippen LogP contribution is -2.47. The van der Waals surface area contributed by atoms with Crippen molar-refractivity contribution >= 4 is 9.84 Å². The van der Waals surface area contributed by atoms with Crippen LogP contribution < -0.4 is 0 Å². The van der Waals surface area contributed by atoms with Crippen molar-refractivity contribution in [3.63, 3.8) is 0 Å². The quantitative estimate of drug-likeness (QED) is 0.237. The number of unbranched alkanes of at least 4 members (excludes halogenated alkanes) is 1. The average molecular weight is 525 g/mol. The van der Waals surface area contributed by atoms with Gasteiger partial charge in [-0.05, 0) is 62.5 Å². The molecule has 1 aromatic carbocycles. The summed E-state index contributed by atoms with van der Waals surface area (Å²) < 4.78 is 38.7. The van der Waals surface area contributed by atoms with Gasteiger partial charge in [-0.3, -0.25) is 0 Å².